The molecule has 0 radical (unpaired) electrons. The first-order valence-electron chi connectivity index (χ1n) is 8.49. The number of carbonyl (C=O) groups is 1. The Morgan fingerprint density at radius 2 is 1.80 bits per heavy atom. The first-order chi connectivity index (χ1) is 11.8. The molecule has 0 saturated carbocycles. The maximum absolute atomic E-state index is 13.0. The molecule has 0 amide bonds. The van der Waals surface area contributed by atoms with Gasteiger partial charge in [-0.3, -0.25) is 9.78 Å². The monoisotopic (exact) mass is 335 g/mol. The molecule has 1 N–H and O–H groups in total. The van der Waals surface area contributed by atoms with Gasteiger partial charge in [0.05, 0.1) is 17.6 Å². The number of benzene rings is 1. The normalized spacial score (nSPS) is 21.9. The molecule has 2 aliphatic heterocycles. The Hall–Kier alpha value is -2.53. The van der Waals surface area contributed by atoms with E-state index in [-0.39, 0.29) is 5.78 Å². The van der Waals surface area contributed by atoms with Gasteiger partial charge in [-0.15, -0.1) is 0 Å². The lowest BCUT2D eigenvalue weighted by Gasteiger charge is -2.30. The van der Waals surface area contributed by atoms with E-state index >= 15 is 0 Å². The molecule has 1 unspecified atom stereocenters. The van der Waals surface area contributed by atoms with E-state index in [1.54, 1.807) is 6.20 Å². The van der Waals surface area contributed by atoms with E-state index in [1.165, 1.54) is 0 Å². The van der Waals surface area contributed by atoms with E-state index in [2.05, 4.69) is 9.98 Å². The van der Waals surface area contributed by atoms with Gasteiger partial charge < -0.3 is 10.0 Å². The summed E-state index contributed by atoms with van der Waals surface area (Å²) < 4.78 is 0. The quantitative estimate of drug-likeness (QED) is 0.869. The van der Waals surface area contributed by atoms with Crippen LogP contribution in [0, 0.1) is 27.7 Å². The fraction of sp³-hybridized carbons (Fsp3) is 0.350. The van der Waals surface area contributed by atoms with Crippen LogP contribution >= 0.6 is 0 Å². The van der Waals surface area contributed by atoms with Crippen molar-refractivity contribution in [3.63, 3.8) is 0 Å². The Morgan fingerprint density at radius 3 is 2.52 bits per heavy atom. The summed E-state index contributed by atoms with van der Waals surface area (Å²) in [5.41, 5.74) is 4.61. The van der Waals surface area contributed by atoms with E-state index in [9.17, 15) is 9.90 Å². The number of rotatable bonds is 1. The maximum Gasteiger partial charge on any atom is 0.204 e. The minimum atomic E-state index is -1.55. The average molecular weight is 335 g/mol. The van der Waals surface area contributed by atoms with Gasteiger partial charge in [0.25, 0.3) is 0 Å². The molecule has 25 heavy (non-hydrogen) atoms. The fourth-order valence-electron chi connectivity index (χ4n) is 3.52. The number of aryl methyl sites for hydroxylation is 4. The molecule has 1 aromatic heterocycles. The molecule has 1 aromatic carbocycles. The van der Waals surface area contributed by atoms with Crippen LogP contribution in [-0.4, -0.2) is 33.9 Å². The highest BCUT2D eigenvalue weighted by Gasteiger charge is 2.52. The summed E-state index contributed by atoms with van der Waals surface area (Å²) >= 11 is 0. The predicted molar refractivity (Wildman–Crippen MR) is 98.0 cm³/mol. The molecule has 1 saturated heterocycles. The zero-order valence-electron chi connectivity index (χ0n) is 14.9. The highest BCUT2D eigenvalue weighted by atomic mass is 16.3. The van der Waals surface area contributed by atoms with Crippen molar-refractivity contribution in [2.75, 3.05) is 11.4 Å². The Labute approximate surface area is 147 Å². The third-order valence-electron chi connectivity index (χ3n) is 5.42. The van der Waals surface area contributed by atoms with E-state index in [0.29, 0.717) is 30.1 Å². The molecule has 0 spiro atoms. The number of aromatic nitrogens is 1. The second-order valence-corrected chi connectivity index (χ2v) is 7.08. The Morgan fingerprint density at radius 1 is 1.08 bits per heavy atom. The molecule has 128 valence electrons. The van der Waals surface area contributed by atoms with E-state index in [1.807, 2.05) is 50.8 Å². The van der Waals surface area contributed by atoms with Crippen LogP contribution in [0.4, 0.5) is 11.4 Å². The fourth-order valence-corrected chi connectivity index (χ4v) is 3.52. The van der Waals surface area contributed by atoms with Crippen LogP contribution in [0.2, 0.25) is 0 Å². The Balaban J connectivity index is 1.87. The Bertz CT molecular complexity index is 948. The minimum absolute atomic E-state index is 0.255. The lowest BCUT2D eigenvalue weighted by molar-refractivity contribution is 0.0602. The van der Waals surface area contributed by atoms with Crippen molar-refractivity contribution in [2.24, 2.45) is 4.99 Å². The summed E-state index contributed by atoms with van der Waals surface area (Å²) in [6, 6.07) is 5.78. The van der Waals surface area contributed by atoms with Crippen LogP contribution in [0.3, 0.4) is 0 Å². The van der Waals surface area contributed by atoms with E-state index in [0.717, 1.165) is 28.1 Å². The summed E-state index contributed by atoms with van der Waals surface area (Å²) in [6.45, 7) is 8.47. The molecule has 3 heterocycles. The number of carbonyl (C=O) groups excluding carboxylic acids is 1. The van der Waals surface area contributed by atoms with Gasteiger partial charge in [-0.1, -0.05) is 0 Å². The largest absolute Gasteiger partial charge is 0.374 e. The van der Waals surface area contributed by atoms with Crippen LogP contribution in [0.15, 0.2) is 29.4 Å². The lowest BCUT2D eigenvalue weighted by atomic mass is 9.86. The van der Waals surface area contributed by atoms with Crippen LogP contribution in [-0.2, 0) is 0 Å². The van der Waals surface area contributed by atoms with Crippen molar-refractivity contribution in [2.45, 2.75) is 39.7 Å². The van der Waals surface area contributed by atoms with Crippen LogP contribution in [0.1, 0.15) is 39.2 Å². The second-order valence-electron chi connectivity index (χ2n) is 7.08. The first kappa shape index (κ1) is 16.0. The van der Waals surface area contributed by atoms with Gasteiger partial charge in [0.1, 0.15) is 5.84 Å². The molecule has 5 nitrogen and oxygen atoms in total. The smallest absolute Gasteiger partial charge is 0.204 e. The second kappa shape index (κ2) is 5.23. The van der Waals surface area contributed by atoms with Crippen molar-refractivity contribution in [1.29, 1.82) is 0 Å². The summed E-state index contributed by atoms with van der Waals surface area (Å²) in [5.74, 6) is 0.160. The zero-order chi connectivity index (χ0) is 17.9. The van der Waals surface area contributed by atoms with E-state index in [4.69, 9.17) is 0 Å². The number of nitrogens with zero attached hydrogens (tertiary/aromatic N) is 3. The third kappa shape index (κ3) is 2.23. The summed E-state index contributed by atoms with van der Waals surface area (Å²) in [7, 11) is 0. The molecule has 2 aromatic rings. The number of fused-ring (bicyclic) bond motifs is 2. The molecular formula is C20H21N3O2. The topological polar surface area (TPSA) is 65.8 Å². The van der Waals surface area contributed by atoms with Crippen molar-refractivity contribution >= 4 is 23.0 Å². The molecule has 2 aliphatic rings. The zero-order valence-corrected chi connectivity index (χ0v) is 14.9. The number of amidine groups is 1. The number of Topliss-reactive ketones (excluding diaryl/α,β-unsaturated/α-hetero) is 1. The number of ketones is 1. The maximum atomic E-state index is 13.0. The van der Waals surface area contributed by atoms with Crippen LogP contribution in [0.25, 0.3) is 0 Å². The average Bonchev–Trinajstić information content (AvgIpc) is 2.91. The van der Waals surface area contributed by atoms with Gasteiger partial charge in [-0.25, -0.2) is 4.99 Å². The minimum Gasteiger partial charge on any atom is -0.374 e. The highest BCUT2D eigenvalue weighted by Crippen LogP contribution is 2.40. The van der Waals surface area contributed by atoms with Crippen LogP contribution in [0.5, 0.6) is 0 Å². The first-order valence-corrected chi connectivity index (χ1v) is 8.49. The lowest BCUT2D eigenvalue weighted by Crippen LogP contribution is -2.48. The summed E-state index contributed by atoms with van der Waals surface area (Å²) in [5, 5.41) is 11.1. The third-order valence-corrected chi connectivity index (χ3v) is 5.42. The number of aliphatic hydroxyl groups is 1. The van der Waals surface area contributed by atoms with Gasteiger partial charge in [0.2, 0.25) is 5.78 Å². The van der Waals surface area contributed by atoms with Crippen LogP contribution < -0.4 is 4.90 Å². The van der Waals surface area contributed by atoms with Gasteiger partial charge in [-0.2, -0.15) is 0 Å². The standard InChI is InChI=1S/C20H21N3O2/c1-11-8-16-17(9-12(11)2)22-19-20(25,18(16)24)5-6-23(19)15-7-13(3)14(4)21-10-15/h7-10,25H,5-6H2,1-4H3. The predicted octanol–water partition coefficient (Wildman–Crippen LogP) is 3.18. The SMILES string of the molecule is Cc1cc2c(cc1C)C(=O)C1(O)CCN(c3cnc(C)c(C)c3)C1=N2. The number of anilines is 1. The van der Waals surface area contributed by atoms with Crippen molar-refractivity contribution in [1.82, 2.24) is 4.98 Å². The summed E-state index contributed by atoms with van der Waals surface area (Å²) in [4.78, 5) is 24.0. The van der Waals surface area contributed by atoms with Gasteiger partial charge in [-0.05, 0) is 62.6 Å². The van der Waals surface area contributed by atoms with Gasteiger partial charge >= 0.3 is 0 Å². The molecular weight excluding hydrogens is 314 g/mol. The molecule has 0 aliphatic carbocycles. The van der Waals surface area contributed by atoms with Gasteiger partial charge in [0, 0.05) is 24.2 Å². The molecule has 5 heteroatoms. The molecule has 0 bridgehead atoms. The summed E-state index contributed by atoms with van der Waals surface area (Å²) in [6.07, 6.45) is 2.11. The molecule has 1 atom stereocenters. The van der Waals surface area contributed by atoms with Crippen molar-refractivity contribution in [3.8, 4) is 0 Å². The van der Waals surface area contributed by atoms with Crippen molar-refractivity contribution in [3.05, 3.63) is 52.3 Å². The Kier molecular flexibility index (Phi) is 3.34. The van der Waals surface area contributed by atoms with E-state index < -0.39 is 5.60 Å². The van der Waals surface area contributed by atoms with Gasteiger partial charge in [0.15, 0.2) is 5.60 Å². The number of pyridine rings is 1. The number of hydrogen-bond donors (Lipinski definition) is 1. The molecule has 4 rings (SSSR count). The number of aliphatic imine (C=N–C) groups is 1. The molecule has 1 fully saturated rings. The highest BCUT2D eigenvalue weighted by molar-refractivity contribution is 6.28. The van der Waals surface area contributed by atoms with Crippen molar-refractivity contribution < 1.29 is 9.90 Å². The number of hydrogen-bond acceptors (Lipinski definition) is 5.